The van der Waals surface area contributed by atoms with Crippen LogP contribution in [0.25, 0.3) is 0 Å². The molecule has 0 aliphatic carbocycles. The highest BCUT2D eigenvalue weighted by Crippen LogP contribution is 2.16. The van der Waals surface area contributed by atoms with Crippen molar-refractivity contribution < 1.29 is 0 Å². The first-order valence-corrected chi connectivity index (χ1v) is 7.43. The normalized spacial score (nSPS) is 20.9. The fraction of sp³-hybridized carbons (Fsp3) is 0.538. The van der Waals surface area contributed by atoms with Gasteiger partial charge >= 0.3 is 0 Å². The largest absolute Gasteiger partial charge is 0.313 e. The van der Waals surface area contributed by atoms with Gasteiger partial charge in [0.05, 0.1) is 0 Å². The van der Waals surface area contributed by atoms with E-state index in [0.717, 1.165) is 24.0 Å². The van der Waals surface area contributed by atoms with Crippen LogP contribution in [0.1, 0.15) is 18.4 Å². The topological polar surface area (TPSA) is 12.0 Å². The van der Waals surface area contributed by atoms with Crippen molar-refractivity contribution in [2.24, 2.45) is 0 Å². The van der Waals surface area contributed by atoms with Crippen LogP contribution in [0.4, 0.5) is 0 Å². The van der Waals surface area contributed by atoms with E-state index >= 15 is 0 Å². The number of hydrogen-bond donors (Lipinski definition) is 1. The Bertz CT molecular complexity index is 306. The molecule has 0 bridgehead atoms. The van der Waals surface area contributed by atoms with Crippen LogP contribution >= 0.6 is 23.4 Å². The Hall–Kier alpha value is -0.180. The summed E-state index contributed by atoms with van der Waals surface area (Å²) in [5.74, 6) is 2.62. The Morgan fingerprint density at radius 3 is 2.81 bits per heavy atom. The number of hydrogen-bond acceptors (Lipinski definition) is 2. The Morgan fingerprint density at radius 2 is 2.12 bits per heavy atom. The number of nitrogens with one attached hydrogen (secondary N) is 1. The molecule has 1 aliphatic heterocycles. The van der Waals surface area contributed by atoms with E-state index in [1.165, 1.54) is 29.9 Å². The van der Waals surface area contributed by atoms with Gasteiger partial charge in [-0.15, -0.1) is 0 Å². The molecular formula is C13H18ClNS. The van der Waals surface area contributed by atoms with E-state index in [-0.39, 0.29) is 0 Å². The van der Waals surface area contributed by atoms with Gasteiger partial charge in [-0.05, 0) is 49.3 Å². The predicted molar refractivity (Wildman–Crippen MR) is 73.5 cm³/mol. The molecule has 1 nitrogen and oxygen atoms in total. The fourth-order valence-electron chi connectivity index (χ4n) is 1.97. The first-order valence-electron chi connectivity index (χ1n) is 5.90. The number of halogens is 1. The van der Waals surface area contributed by atoms with Crippen LogP contribution in [0.2, 0.25) is 5.02 Å². The summed E-state index contributed by atoms with van der Waals surface area (Å²) < 4.78 is 0. The third-order valence-corrected chi connectivity index (χ3v) is 4.39. The second kappa shape index (κ2) is 6.53. The average molecular weight is 256 g/mol. The lowest BCUT2D eigenvalue weighted by Crippen LogP contribution is -2.35. The Morgan fingerprint density at radius 1 is 1.31 bits per heavy atom. The van der Waals surface area contributed by atoms with Crippen LogP contribution in [0, 0.1) is 0 Å². The SMILES string of the molecule is Clc1ccc(CCNC2CCCSC2)cc1. The minimum Gasteiger partial charge on any atom is -0.313 e. The van der Waals surface area contributed by atoms with Crippen LogP contribution < -0.4 is 5.32 Å². The van der Waals surface area contributed by atoms with Crippen LogP contribution in [0.5, 0.6) is 0 Å². The quantitative estimate of drug-likeness (QED) is 0.886. The molecule has 1 aliphatic rings. The molecule has 1 aromatic rings. The van der Waals surface area contributed by atoms with Gasteiger partial charge in [0.1, 0.15) is 0 Å². The third kappa shape index (κ3) is 4.00. The lowest BCUT2D eigenvalue weighted by Gasteiger charge is -2.22. The number of benzene rings is 1. The molecule has 0 radical (unpaired) electrons. The summed E-state index contributed by atoms with van der Waals surface area (Å²) in [5.41, 5.74) is 1.36. The monoisotopic (exact) mass is 255 g/mol. The van der Waals surface area contributed by atoms with Gasteiger partial charge in [-0.25, -0.2) is 0 Å². The maximum Gasteiger partial charge on any atom is 0.0406 e. The molecule has 0 saturated carbocycles. The van der Waals surface area contributed by atoms with E-state index in [1.807, 2.05) is 12.1 Å². The molecule has 1 saturated heterocycles. The van der Waals surface area contributed by atoms with Crippen LogP contribution in [-0.2, 0) is 6.42 Å². The van der Waals surface area contributed by atoms with E-state index in [2.05, 4.69) is 29.2 Å². The van der Waals surface area contributed by atoms with E-state index in [1.54, 1.807) is 0 Å². The molecule has 1 heterocycles. The van der Waals surface area contributed by atoms with Crippen LogP contribution in [-0.4, -0.2) is 24.1 Å². The summed E-state index contributed by atoms with van der Waals surface area (Å²) in [6, 6.07) is 8.88. The molecule has 1 N–H and O–H groups in total. The number of thioether (sulfide) groups is 1. The van der Waals surface area contributed by atoms with Crippen molar-refractivity contribution in [3.63, 3.8) is 0 Å². The molecule has 0 aromatic heterocycles. The van der Waals surface area contributed by atoms with Gasteiger partial charge in [-0.3, -0.25) is 0 Å². The van der Waals surface area contributed by atoms with Crippen molar-refractivity contribution >= 4 is 23.4 Å². The summed E-state index contributed by atoms with van der Waals surface area (Å²) in [6.07, 6.45) is 3.80. The molecule has 2 rings (SSSR count). The third-order valence-electron chi connectivity index (χ3n) is 2.92. The van der Waals surface area contributed by atoms with E-state index < -0.39 is 0 Å². The zero-order chi connectivity index (χ0) is 11.2. The molecular weight excluding hydrogens is 238 g/mol. The zero-order valence-corrected chi connectivity index (χ0v) is 11.0. The Kier molecular flexibility index (Phi) is 5.01. The lowest BCUT2D eigenvalue weighted by molar-refractivity contribution is 0.511. The van der Waals surface area contributed by atoms with Crippen LogP contribution in [0.3, 0.4) is 0 Å². The maximum atomic E-state index is 5.85. The lowest BCUT2D eigenvalue weighted by atomic mass is 10.1. The summed E-state index contributed by atoms with van der Waals surface area (Å²) in [6.45, 7) is 1.08. The molecule has 0 spiro atoms. The summed E-state index contributed by atoms with van der Waals surface area (Å²) >= 11 is 7.92. The second-order valence-corrected chi connectivity index (χ2v) is 5.83. The highest BCUT2D eigenvalue weighted by molar-refractivity contribution is 7.99. The average Bonchev–Trinajstić information content (AvgIpc) is 2.33. The smallest absolute Gasteiger partial charge is 0.0406 e. The molecule has 1 aromatic carbocycles. The van der Waals surface area contributed by atoms with Gasteiger partial charge in [0.15, 0.2) is 0 Å². The van der Waals surface area contributed by atoms with Gasteiger partial charge in [-0.1, -0.05) is 23.7 Å². The molecule has 1 atom stereocenters. The summed E-state index contributed by atoms with van der Waals surface area (Å²) in [4.78, 5) is 0. The molecule has 0 amide bonds. The summed E-state index contributed by atoms with van der Waals surface area (Å²) in [5, 5.41) is 4.45. The summed E-state index contributed by atoms with van der Waals surface area (Å²) in [7, 11) is 0. The zero-order valence-electron chi connectivity index (χ0n) is 9.42. The van der Waals surface area contributed by atoms with E-state index in [9.17, 15) is 0 Å². The Balaban J connectivity index is 1.69. The van der Waals surface area contributed by atoms with Crippen LogP contribution in [0.15, 0.2) is 24.3 Å². The molecule has 1 unspecified atom stereocenters. The van der Waals surface area contributed by atoms with Crippen molar-refractivity contribution in [3.8, 4) is 0 Å². The predicted octanol–water partition coefficient (Wildman–Crippen LogP) is 3.37. The molecule has 16 heavy (non-hydrogen) atoms. The van der Waals surface area contributed by atoms with Gasteiger partial charge < -0.3 is 5.32 Å². The van der Waals surface area contributed by atoms with Gasteiger partial charge in [0.2, 0.25) is 0 Å². The minimum atomic E-state index is 0.728. The highest BCUT2D eigenvalue weighted by atomic mass is 35.5. The van der Waals surface area contributed by atoms with Crippen molar-refractivity contribution in [1.82, 2.24) is 5.32 Å². The molecule has 3 heteroatoms. The highest BCUT2D eigenvalue weighted by Gasteiger charge is 2.12. The fourth-order valence-corrected chi connectivity index (χ4v) is 3.21. The molecule has 88 valence electrons. The Labute approximate surface area is 107 Å². The standard InChI is InChI=1S/C13H18ClNS/c14-12-5-3-11(4-6-12)7-8-15-13-2-1-9-16-10-13/h3-6,13,15H,1-2,7-10H2. The van der Waals surface area contributed by atoms with E-state index in [0.29, 0.717) is 0 Å². The number of rotatable bonds is 4. The van der Waals surface area contributed by atoms with Gasteiger partial charge in [0.25, 0.3) is 0 Å². The van der Waals surface area contributed by atoms with Crippen molar-refractivity contribution in [2.45, 2.75) is 25.3 Å². The van der Waals surface area contributed by atoms with Crippen molar-refractivity contribution in [3.05, 3.63) is 34.9 Å². The first-order chi connectivity index (χ1) is 7.84. The van der Waals surface area contributed by atoms with Crippen molar-refractivity contribution in [1.29, 1.82) is 0 Å². The van der Waals surface area contributed by atoms with Gasteiger partial charge in [-0.2, -0.15) is 11.8 Å². The first kappa shape index (κ1) is 12.3. The second-order valence-electron chi connectivity index (χ2n) is 4.24. The van der Waals surface area contributed by atoms with E-state index in [4.69, 9.17) is 11.6 Å². The maximum absolute atomic E-state index is 5.85. The minimum absolute atomic E-state index is 0.728. The molecule has 1 fully saturated rings. The van der Waals surface area contributed by atoms with Gasteiger partial charge in [0, 0.05) is 16.8 Å². The van der Waals surface area contributed by atoms with Crippen molar-refractivity contribution in [2.75, 3.05) is 18.1 Å².